The van der Waals surface area contributed by atoms with Crippen molar-refractivity contribution in [3.8, 4) is 11.5 Å². The van der Waals surface area contributed by atoms with Gasteiger partial charge in [-0.05, 0) is 30.3 Å². The van der Waals surface area contributed by atoms with Gasteiger partial charge in [0, 0.05) is 42.4 Å². The van der Waals surface area contributed by atoms with Crippen LogP contribution in [0.15, 0.2) is 49.3 Å². The molecule has 4 rings (SSSR count). The predicted molar refractivity (Wildman–Crippen MR) is 126 cm³/mol. The number of amides is 1. The van der Waals surface area contributed by atoms with E-state index in [4.69, 9.17) is 32.7 Å². The molecule has 0 spiro atoms. The number of methoxy groups -OCH3 is 1. The van der Waals surface area contributed by atoms with Gasteiger partial charge in [-0.2, -0.15) is 0 Å². The fraction of sp³-hybridized carbons (Fsp3) is 0.261. The molecule has 9 heteroatoms. The van der Waals surface area contributed by atoms with Crippen molar-refractivity contribution in [1.82, 2.24) is 14.9 Å². The molecular weight excluding hydrogens is 451 g/mol. The van der Waals surface area contributed by atoms with E-state index in [1.165, 1.54) is 12.4 Å². The number of piperidine rings is 1. The highest BCUT2D eigenvalue weighted by atomic mass is 35.5. The first-order chi connectivity index (χ1) is 15.5. The lowest BCUT2D eigenvalue weighted by atomic mass is 10.1. The van der Waals surface area contributed by atoms with Crippen molar-refractivity contribution < 1.29 is 14.3 Å². The van der Waals surface area contributed by atoms with Crippen molar-refractivity contribution in [1.29, 1.82) is 0 Å². The quantitative estimate of drug-likeness (QED) is 0.494. The molecule has 0 bridgehead atoms. The highest BCUT2D eigenvalue weighted by Crippen LogP contribution is 2.37. The van der Waals surface area contributed by atoms with Crippen LogP contribution >= 0.6 is 23.2 Å². The zero-order chi connectivity index (χ0) is 22.7. The molecule has 0 unspecified atom stereocenters. The fourth-order valence-corrected chi connectivity index (χ4v) is 4.09. The van der Waals surface area contributed by atoms with Crippen molar-refractivity contribution in [2.45, 2.75) is 18.9 Å². The van der Waals surface area contributed by atoms with E-state index < -0.39 is 0 Å². The monoisotopic (exact) mass is 472 g/mol. The van der Waals surface area contributed by atoms with Gasteiger partial charge in [-0.25, -0.2) is 9.97 Å². The van der Waals surface area contributed by atoms with E-state index in [0.717, 1.165) is 18.2 Å². The number of carbonyl (C=O) groups excluding carboxylic acids is 1. The number of rotatable bonds is 6. The molecule has 0 saturated carbocycles. The van der Waals surface area contributed by atoms with Crippen LogP contribution in [0.2, 0.25) is 10.0 Å². The van der Waals surface area contributed by atoms with E-state index >= 15 is 0 Å². The fourth-order valence-electron chi connectivity index (χ4n) is 3.64. The van der Waals surface area contributed by atoms with E-state index in [2.05, 4.69) is 21.9 Å². The highest BCUT2D eigenvalue weighted by Gasteiger charge is 2.24. The van der Waals surface area contributed by atoms with Crippen LogP contribution in [-0.2, 0) is 4.79 Å². The van der Waals surface area contributed by atoms with Crippen LogP contribution in [0.25, 0.3) is 10.9 Å². The molecule has 166 valence electrons. The second kappa shape index (κ2) is 9.63. The lowest BCUT2D eigenvalue weighted by Crippen LogP contribution is -2.41. The topological polar surface area (TPSA) is 76.6 Å². The molecule has 2 heterocycles. The Morgan fingerprint density at radius 3 is 2.66 bits per heavy atom. The number of benzene rings is 2. The summed E-state index contributed by atoms with van der Waals surface area (Å²) in [7, 11) is 1.59. The Labute approximate surface area is 196 Å². The van der Waals surface area contributed by atoms with Crippen LogP contribution in [-0.4, -0.2) is 47.1 Å². The smallest absolute Gasteiger partial charge is 0.245 e. The molecule has 1 amide bonds. The Balaban J connectivity index is 1.61. The van der Waals surface area contributed by atoms with Crippen LogP contribution in [0.3, 0.4) is 0 Å². The first-order valence-electron chi connectivity index (χ1n) is 10.1. The van der Waals surface area contributed by atoms with E-state index in [1.807, 2.05) is 12.1 Å². The number of hydrogen-bond acceptors (Lipinski definition) is 6. The minimum Gasteiger partial charge on any atom is -0.493 e. The lowest BCUT2D eigenvalue weighted by Gasteiger charge is -2.31. The first-order valence-corrected chi connectivity index (χ1v) is 10.9. The van der Waals surface area contributed by atoms with Gasteiger partial charge in [0.05, 0.1) is 23.3 Å². The second-order valence-corrected chi connectivity index (χ2v) is 8.18. The van der Waals surface area contributed by atoms with Gasteiger partial charge in [-0.3, -0.25) is 4.79 Å². The third-order valence-electron chi connectivity index (χ3n) is 5.33. The molecule has 1 aliphatic heterocycles. The third kappa shape index (κ3) is 4.74. The number of fused-ring (bicyclic) bond motifs is 1. The van der Waals surface area contributed by atoms with Gasteiger partial charge in [0.15, 0.2) is 11.5 Å². The van der Waals surface area contributed by atoms with Crippen LogP contribution in [0.5, 0.6) is 11.5 Å². The van der Waals surface area contributed by atoms with Crippen molar-refractivity contribution in [2.24, 2.45) is 0 Å². The zero-order valence-corrected chi connectivity index (χ0v) is 19.0. The first kappa shape index (κ1) is 22.2. The Bertz CT molecular complexity index is 1160. The molecular formula is C23H22Cl2N4O3. The molecule has 0 radical (unpaired) electrons. The molecule has 2 aromatic carbocycles. The molecule has 3 aromatic rings. The Hall–Kier alpha value is -3.03. The van der Waals surface area contributed by atoms with E-state index in [-0.39, 0.29) is 12.0 Å². The normalized spacial score (nSPS) is 14.3. The Morgan fingerprint density at radius 1 is 1.19 bits per heavy atom. The number of carbonyl (C=O) groups is 1. The van der Waals surface area contributed by atoms with E-state index in [9.17, 15) is 4.79 Å². The molecule has 7 nitrogen and oxygen atoms in total. The summed E-state index contributed by atoms with van der Waals surface area (Å²) < 4.78 is 11.8. The van der Waals surface area contributed by atoms with Gasteiger partial charge in [0.25, 0.3) is 0 Å². The van der Waals surface area contributed by atoms with Crippen molar-refractivity contribution >= 4 is 51.5 Å². The summed E-state index contributed by atoms with van der Waals surface area (Å²) in [4.78, 5) is 22.3. The van der Waals surface area contributed by atoms with Crippen LogP contribution in [0.4, 0.5) is 11.5 Å². The Kier molecular flexibility index (Phi) is 6.67. The Morgan fingerprint density at radius 2 is 1.97 bits per heavy atom. The summed E-state index contributed by atoms with van der Waals surface area (Å²) in [5.41, 5.74) is 1.37. The average molecular weight is 473 g/mol. The number of aromatic nitrogens is 2. The molecule has 1 fully saturated rings. The maximum atomic E-state index is 11.8. The van der Waals surface area contributed by atoms with Crippen molar-refractivity contribution in [2.75, 3.05) is 25.5 Å². The number of nitrogens with one attached hydrogen (secondary N) is 1. The summed E-state index contributed by atoms with van der Waals surface area (Å²) in [5, 5.41) is 5.03. The number of hydrogen-bond donors (Lipinski definition) is 1. The number of nitrogens with zero attached hydrogens (tertiary/aromatic N) is 3. The lowest BCUT2D eigenvalue weighted by molar-refractivity contribution is -0.127. The zero-order valence-electron chi connectivity index (χ0n) is 17.5. The second-order valence-electron chi connectivity index (χ2n) is 7.34. The minimum absolute atomic E-state index is 0.0398. The maximum Gasteiger partial charge on any atom is 0.245 e. The molecule has 0 aliphatic carbocycles. The number of anilines is 2. The summed E-state index contributed by atoms with van der Waals surface area (Å²) >= 11 is 12.3. The van der Waals surface area contributed by atoms with Gasteiger partial charge >= 0.3 is 0 Å². The summed E-state index contributed by atoms with van der Waals surface area (Å²) in [5.74, 6) is 1.70. The molecule has 32 heavy (non-hydrogen) atoms. The van der Waals surface area contributed by atoms with E-state index in [0.29, 0.717) is 51.7 Å². The van der Waals surface area contributed by atoms with Crippen molar-refractivity contribution in [3.63, 3.8) is 0 Å². The highest BCUT2D eigenvalue weighted by molar-refractivity contribution is 6.36. The van der Waals surface area contributed by atoms with Gasteiger partial charge in [0.2, 0.25) is 5.91 Å². The number of halogens is 2. The third-order valence-corrected chi connectivity index (χ3v) is 5.87. The van der Waals surface area contributed by atoms with Crippen LogP contribution in [0, 0.1) is 0 Å². The van der Waals surface area contributed by atoms with Gasteiger partial charge in [-0.15, -0.1) is 0 Å². The molecule has 0 atom stereocenters. The standard InChI is InChI=1S/C23H22Cl2N4O3/c1-3-22(30)29-8-6-15(7-9-29)32-21-11-16-19(12-20(21)31-2)26-13-27-23(16)28-18-5-4-14(24)10-17(18)25/h3-5,10-13,15H,1,6-9H2,2H3,(H,26,27,28). The van der Waals surface area contributed by atoms with Crippen LogP contribution < -0.4 is 14.8 Å². The molecule has 1 N–H and O–H groups in total. The summed E-state index contributed by atoms with van der Waals surface area (Å²) in [6, 6.07) is 8.88. The minimum atomic E-state index is -0.0551. The SMILES string of the molecule is C=CC(=O)N1CCC(Oc2cc3c(Nc4ccc(Cl)cc4Cl)ncnc3cc2OC)CC1. The van der Waals surface area contributed by atoms with Crippen molar-refractivity contribution in [3.05, 3.63) is 59.4 Å². The summed E-state index contributed by atoms with van der Waals surface area (Å²) in [6.07, 6.45) is 4.22. The van der Waals surface area contributed by atoms with E-state index in [1.54, 1.807) is 30.2 Å². The molecule has 1 aromatic heterocycles. The molecule has 1 saturated heterocycles. The number of ether oxygens (including phenoxy) is 2. The van der Waals surface area contributed by atoms with Gasteiger partial charge < -0.3 is 19.7 Å². The molecule has 1 aliphatic rings. The van der Waals surface area contributed by atoms with Gasteiger partial charge in [0.1, 0.15) is 18.2 Å². The summed E-state index contributed by atoms with van der Waals surface area (Å²) in [6.45, 7) is 4.79. The van der Waals surface area contributed by atoms with Gasteiger partial charge in [-0.1, -0.05) is 29.8 Å². The largest absolute Gasteiger partial charge is 0.493 e. The van der Waals surface area contributed by atoms with Crippen LogP contribution in [0.1, 0.15) is 12.8 Å². The average Bonchev–Trinajstić information content (AvgIpc) is 2.80. The predicted octanol–water partition coefficient (Wildman–Crippen LogP) is 5.24. The maximum absolute atomic E-state index is 11.8. The number of likely N-dealkylation sites (tertiary alicyclic amines) is 1.